The minimum Gasteiger partial charge on any atom is -0.279 e. The van der Waals surface area contributed by atoms with E-state index in [9.17, 15) is 4.79 Å². The molecule has 0 aliphatic rings. The van der Waals surface area contributed by atoms with Crippen LogP contribution in [-0.2, 0) is 6.54 Å². The molecule has 0 aliphatic heterocycles. The van der Waals surface area contributed by atoms with E-state index >= 15 is 0 Å². The summed E-state index contributed by atoms with van der Waals surface area (Å²) in [7, 11) is 0. The monoisotopic (exact) mass is 436 g/mol. The molecule has 0 unspecified atom stereocenters. The molecular weight excluding hydrogens is 424 g/mol. The number of anilines is 1. The predicted octanol–water partition coefficient (Wildman–Crippen LogP) is 5.80. The van der Waals surface area contributed by atoms with Crippen molar-refractivity contribution in [1.29, 1.82) is 0 Å². The van der Waals surface area contributed by atoms with Gasteiger partial charge >= 0.3 is 0 Å². The van der Waals surface area contributed by atoms with E-state index in [0.717, 1.165) is 20.5 Å². The Morgan fingerprint density at radius 3 is 2.86 bits per heavy atom. The maximum absolute atomic E-state index is 13.5. The molecular formula is C21H13ClN4OS2. The van der Waals surface area contributed by atoms with Crippen molar-refractivity contribution in [2.75, 3.05) is 4.90 Å². The molecule has 0 spiro atoms. The first-order chi connectivity index (χ1) is 14.2. The molecule has 3 heterocycles. The molecule has 0 saturated carbocycles. The minimum absolute atomic E-state index is 0.126. The van der Waals surface area contributed by atoms with Gasteiger partial charge in [0.25, 0.3) is 5.91 Å². The molecule has 1 amide bonds. The van der Waals surface area contributed by atoms with Gasteiger partial charge < -0.3 is 0 Å². The average Bonchev–Trinajstić information content (AvgIpc) is 3.39. The van der Waals surface area contributed by atoms with E-state index in [-0.39, 0.29) is 5.91 Å². The Morgan fingerprint density at radius 2 is 2.03 bits per heavy atom. The molecule has 2 aromatic carbocycles. The lowest BCUT2D eigenvalue weighted by molar-refractivity contribution is 0.0985. The molecule has 0 saturated heterocycles. The second-order valence-corrected chi connectivity index (χ2v) is 8.67. The Bertz CT molecular complexity index is 1330. The predicted molar refractivity (Wildman–Crippen MR) is 119 cm³/mol. The summed E-state index contributed by atoms with van der Waals surface area (Å²) in [4.78, 5) is 28.3. The van der Waals surface area contributed by atoms with Gasteiger partial charge in [-0.2, -0.15) is 0 Å². The number of carbonyl (C=O) groups is 1. The summed E-state index contributed by atoms with van der Waals surface area (Å²) in [6.07, 6.45) is 3.47. The Balaban J connectivity index is 1.60. The number of hydrogen-bond acceptors (Lipinski definition) is 6. The third-order valence-corrected chi connectivity index (χ3v) is 6.62. The number of fused-ring (bicyclic) bond motifs is 2. The summed E-state index contributed by atoms with van der Waals surface area (Å²) in [5.41, 5.74) is 4.89. The molecule has 0 bridgehead atoms. The first-order valence-corrected chi connectivity index (χ1v) is 10.9. The SMILES string of the molecule is O=C(c1ccc2ncsc2c1)N(Cc1cccnc1)c1nc2c(Cl)cccc2s1. The largest absolute Gasteiger partial charge is 0.279 e. The molecule has 8 heteroatoms. The quantitative estimate of drug-likeness (QED) is 0.357. The van der Waals surface area contributed by atoms with Gasteiger partial charge in [-0.15, -0.1) is 11.3 Å². The van der Waals surface area contributed by atoms with Gasteiger partial charge in [-0.05, 0) is 42.0 Å². The molecule has 0 radical (unpaired) electrons. The van der Waals surface area contributed by atoms with Crippen molar-refractivity contribution in [2.45, 2.75) is 6.54 Å². The normalized spacial score (nSPS) is 11.2. The van der Waals surface area contributed by atoms with E-state index in [0.29, 0.717) is 27.8 Å². The van der Waals surface area contributed by atoms with Crippen LogP contribution in [0.5, 0.6) is 0 Å². The number of nitrogens with zero attached hydrogens (tertiary/aromatic N) is 4. The van der Waals surface area contributed by atoms with Crippen molar-refractivity contribution >= 4 is 65.7 Å². The number of amides is 1. The highest BCUT2D eigenvalue weighted by molar-refractivity contribution is 7.22. The van der Waals surface area contributed by atoms with E-state index in [2.05, 4.69) is 15.0 Å². The summed E-state index contributed by atoms with van der Waals surface area (Å²) < 4.78 is 1.92. The third kappa shape index (κ3) is 3.48. The number of rotatable bonds is 4. The molecule has 3 aromatic heterocycles. The van der Waals surface area contributed by atoms with Gasteiger partial charge in [-0.3, -0.25) is 14.7 Å². The van der Waals surface area contributed by atoms with Crippen LogP contribution in [0.1, 0.15) is 15.9 Å². The van der Waals surface area contributed by atoms with Gasteiger partial charge in [0.1, 0.15) is 5.52 Å². The highest BCUT2D eigenvalue weighted by atomic mass is 35.5. The van der Waals surface area contributed by atoms with Gasteiger partial charge in [-0.1, -0.05) is 35.1 Å². The topological polar surface area (TPSA) is 59.0 Å². The van der Waals surface area contributed by atoms with Crippen LogP contribution in [0, 0.1) is 0 Å². The van der Waals surface area contributed by atoms with Gasteiger partial charge in [-0.25, -0.2) is 9.97 Å². The summed E-state index contributed by atoms with van der Waals surface area (Å²) in [6, 6.07) is 15.0. The Labute approximate surface area is 179 Å². The molecule has 5 aromatic rings. The van der Waals surface area contributed by atoms with Crippen LogP contribution < -0.4 is 4.90 Å². The smallest absolute Gasteiger partial charge is 0.260 e. The van der Waals surface area contributed by atoms with Crippen molar-refractivity contribution in [3.05, 3.63) is 82.6 Å². The van der Waals surface area contributed by atoms with E-state index in [1.807, 2.05) is 36.4 Å². The first kappa shape index (κ1) is 18.2. The number of hydrogen-bond donors (Lipinski definition) is 0. The van der Waals surface area contributed by atoms with Crippen LogP contribution in [0.15, 0.2) is 66.4 Å². The lowest BCUT2D eigenvalue weighted by Crippen LogP contribution is -2.30. The number of halogens is 1. The van der Waals surface area contributed by atoms with Crippen molar-refractivity contribution in [1.82, 2.24) is 15.0 Å². The number of thiazole rings is 2. The summed E-state index contributed by atoms with van der Waals surface area (Å²) in [5.74, 6) is -0.126. The molecule has 5 nitrogen and oxygen atoms in total. The molecule has 0 aliphatic carbocycles. The van der Waals surface area contributed by atoms with E-state index in [4.69, 9.17) is 11.6 Å². The van der Waals surface area contributed by atoms with Crippen LogP contribution in [0.4, 0.5) is 5.13 Å². The lowest BCUT2D eigenvalue weighted by Gasteiger charge is -2.20. The number of carbonyl (C=O) groups excluding carboxylic acids is 1. The van der Waals surface area contributed by atoms with Gasteiger partial charge in [0.05, 0.1) is 32.0 Å². The van der Waals surface area contributed by atoms with Crippen LogP contribution in [0.25, 0.3) is 20.4 Å². The molecule has 0 N–H and O–H groups in total. The number of benzene rings is 2. The minimum atomic E-state index is -0.126. The zero-order valence-electron chi connectivity index (χ0n) is 14.9. The molecule has 142 valence electrons. The molecule has 5 rings (SSSR count). The van der Waals surface area contributed by atoms with Gasteiger partial charge in [0, 0.05) is 18.0 Å². The summed E-state index contributed by atoms with van der Waals surface area (Å²) in [5, 5.41) is 1.18. The second kappa shape index (κ2) is 7.51. The zero-order valence-corrected chi connectivity index (χ0v) is 17.3. The van der Waals surface area contributed by atoms with Crippen LogP contribution in [0.2, 0.25) is 5.02 Å². The van der Waals surface area contributed by atoms with Gasteiger partial charge in [0.15, 0.2) is 5.13 Å². The fourth-order valence-corrected chi connectivity index (χ4v) is 5.04. The molecule has 0 atom stereocenters. The molecule has 29 heavy (non-hydrogen) atoms. The van der Waals surface area contributed by atoms with Crippen LogP contribution in [-0.4, -0.2) is 20.9 Å². The van der Waals surface area contributed by atoms with Crippen molar-refractivity contribution in [3.8, 4) is 0 Å². The fraction of sp³-hybridized carbons (Fsp3) is 0.0476. The van der Waals surface area contributed by atoms with Crippen LogP contribution >= 0.6 is 34.3 Å². The van der Waals surface area contributed by atoms with Crippen LogP contribution in [0.3, 0.4) is 0 Å². The number of pyridine rings is 1. The first-order valence-electron chi connectivity index (χ1n) is 8.78. The van der Waals surface area contributed by atoms with Crippen molar-refractivity contribution in [3.63, 3.8) is 0 Å². The number of aromatic nitrogens is 3. The second-order valence-electron chi connectivity index (χ2n) is 6.37. The van der Waals surface area contributed by atoms with E-state index in [1.165, 1.54) is 22.7 Å². The van der Waals surface area contributed by atoms with Gasteiger partial charge in [0.2, 0.25) is 0 Å². The Hall–Kier alpha value is -2.87. The van der Waals surface area contributed by atoms with E-state index in [1.54, 1.807) is 34.9 Å². The Kier molecular flexibility index (Phi) is 4.71. The van der Waals surface area contributed by atoms with E-state index < -0.39 is 0 Å². The average molecular weight is 437 g/mol. The number of para-hydroxylation sites is 1. The lowest BCUT2D eigenvalue weighted by atomic mass is 10.1. The van der Waals surface area contributed by atoms with Crippen molar-refractivity contribution in [2.24, 2.45) is 0 Å². The standard InChI is InChI=1S/C21H13ClN4OS2/c22-15-4-1-5-17-19(15)25-21(29-17)26(11-13-3-2-8-23-10-13)20(27)14-6-7-16-18(9-14)28-12-24-16/h1-10,12H,11H2. The Morgan fingerprint density at radius 1 is 1.10 bits per heavy atom. The highest BCUT2D eigenvalue weighted by Gasteiger charge is 2.23. The maximum atomic E-state index is 13.5. The highest BCUT2D eigenvalue weighted by Crippen LogP contribution is 2.34. The summed E-state index contributed by atoms with van der Waals surface area (Å²) in [6.45, 7) is 0.366. The fourth-order valence-electron chi connectivity index (χ4n) is 3.06. The summed E-state index contributed by atoms with van der Waals surface area (Å²) >= 11 is 9.27. The molecule has 0 fully saturated rings. The third-order valence-electron chi connectivity index (χ3n) is 4.48. The van der Waals surface area contributed by atoms with Crippen molar-refractivity contribution < 1.29 is 4.79 Å². The maximum Gasteiger partial charge on any atom is 0.260 e. The zero-order chi connectivity index (χ0) is 19.8.